The van der Waals surface area contributed by atoms with Crippen molar-refractivity contribution in [3.63, 3.8) is 0 Å². The van der Waals surface area contributed by atoms with E-state index in [-0.39, 0.29) is 0 Å². The molecule has 0 atom stereocenters. The molecule has 5 aromatic rings. The zero-order chi connectivity index (χ0) is 24.6. The molecule has 174 valence electrons. The van der Waals surface area contributed by atoms with Crippen molar-refractivity contribution >= 4 is 47.3 Å². The van der Waals surface area contributed by atoms with Crippen LogP contribution in [0.3, 0.4) is 0 Å². The monoisotopic (exact) mass is 499 g/mol. The topological polar surface area (TPSA) is 92.1 Å². The van der Waals surface area contributed by atoms with Gasteiger partial charge in [0.25, 0.3) is 0 Å². The first kappa shape index (κ1) is 22.8. The second-order valence-corrected chi connectivity index (χ2v) is 11.2. The SMILES string of the molecule is COc1ccc(CNc2cc(C#N)c3c(n2)sc2cc(-c4ccc(S(C)(=O)=O)cc4)ccc23)cc1. The van der Waals surface area contributed by atoms with Gasteiger partial charge < -0.3 is 10.1 Å². The third-order valence-electron chi connectivity index (χ3n) is 5.81. The Balaban J connectivity index is 1.48. The fraction of sp³-hybridized carbons (Fsp3) is 0.111. The summed E-state index contributed by atoms with van der Waals surface area (Å²) < 4.78 is 29.7. The number of ether oxygens (including phenoxy) is 1. The summed E-state index contributed by atoms with van der Waals surface area (Å²) in [4.78, 5) is 5.86. The molecule has 3 aromatic carbocycles. The number of hydrogen-bond acceptors (Lipinski definition) is 7. The zero-order valence-electron chi connectivity index (χ0n) is 19.1. The molecule has 8 heteroatoms. The van der Waals surface area contributed by atoms with Crippen molar-refractivity contribution in [3.8, 4) is 22.9 Å². The van der Waals surface area contributed by atoms with Gasteiger partial charge in [-0.05, 0) is 53.1 Å². The zero-order valence-corrected chi connectivity index (χ0v) is 20.7. The van der Waals surface area contributed by atoms with Crippen LogP contribution in [0.1, 0.15) is 11.1 Å². The fourth-order valence-electron chi connectivity index (χ4n) is 3.96. The molecule has 0 aliphatic carbocycles. The minimum atomic E-state index is -3.24. The van der Waals surface area contributed by atoms with Crippen LogP contribution in [0, 0.1) is 11.3 Å². The Morgan fingerprint density at radius 2 is 1.71 bits per heavy atom. The summed E-state index contributed by atoms with van der Waals surface area (Å²) in [5, 5.41) is 15.0. The smallest absolute Gasteiger partial charge is 0.175 e. The molecule has 35 heavy (non-hydrogen) atoms. The third-order valence-corrected chi connectivity index (χ3v) is 7.99. The Labute approximate surface area is 207 Å². The Kier molecular flexibility index (Phi) is 5.89. The van der Waals surface area contributed by atoms with Crippen molar-refractivity contribution in [2.45, 2.75) is 11.4 Å². The number of methoxy groups -OCH3 is 1. The summed E-state index contributed by atoms with van der Waals surface area (Å²) in [6.45, 7) is 0.575. The van der Waals surface area contributed by atoms with Gasteiger partial charge in [-0.15, -0.1) is 11.3 Å². The van der Waals surface area contributed by atoms with E-state index in [9.17, 15) is 13.7 Å². The number of hydrogen-bond donors (Lipinski definition) is 1. The standard InChI is InChI=1S/C27H21N3O3S2/c1-33-21-8-3-17(4-9-21)16-29-25-14-20(15-28)26-23-12-7-19(13-24(23)34-27(26)30-25)18-5-10-22(11-6-18)35(2,31)32/h3-14H,16H2,1-2H3,(H,29,30). The van der Waals surface area contributed by atoms with Gasteiger partial charge in [0.2, 0.25) is 0 Å². The van der Waals surface area contributed by atoms with E-state index in [1.54, 1.807) is 25.3 Å². The van der Waals surface area contributed by atoms with Gasteiger partial charge in [0.15, 0.2) is 9.84 Å². The molecule has 0 amide bonds. The van der Waals surface area contributed by atoms with Crippen LogP contribution in [-0.2, 0) is 16.4 Å². The first-order valence-electron chi connectivity index (χ1n) is 10.8. The molecule has 2 heterocycles. The van der Waals surface area contributed by atoms with Crippen LogP contribution >= 0.6 is 11.3 Å². The predicted molar refractivity (Wildman–Crippen MR) is 141 cm³/mol. The van der Waals surface area contributed by atoms with Crippen LogP contribution in [0.2, 0.25) is 0 Å². The number of aromatic nitrogens is 1. The number of rotatable bonds is 6. The highest BCUT2D eigenvalue weighted by atomic mass is 32.2. The molecular weight excluding hydrogens is 478 g/mol. The van der Waals surface area contributed by atoms with Gasteiger partial charge in [0.05, 0.1) is 17.6 Å². The average Bonchev–Trinajstić information content (AvgIpc) is 3.24. The first-order valence-corrected chi connectivity index (χ1v) is 13.5. The molecule has 0 aliphatic heterocycles. The summed E-state index contributed by atoms with van der Waals surface area (Å²) in [6, 6.07) is 24.8. The largest absolute Gasteiger partial charge is 0.497 e. The molecule has 0 fully saturated rings. The third kappa shape index (κ3) is 4.56. The van der Waals surface area contributed by atoms with E-state index in [0.29, 0.717) is 22.8 Å². The Bertz CT molecular complexity index is 1700. The molecule has 0 spiro atoms. The normalized spacial score (nSPS) is 11.5. The van der Waals surface area contributed by atoms with Gasteiger partial charge in [-0.2, -0.15) is 5.26 Å². The number of sulfone groups is 1. The minimum Gasteiger partial charge on any atom is -0.497 e. The molecule has 0 radical (unpaired) electrons. The minimum absolute atomic E-state index is 0.293. The lowest BCUT2D eigenvalue weighted by molar-refractivity contribution is 0.414. The highest BCUT2D eigenvalue weighted by molar-refractivity contribution is 7.90. The van der Waals surface area contributed by atoms with E-state index in [1.807, 2.05) is 48.5 Å². The summed E-state index contributed by atoms with van der Waals surface area (Å²) in [7, 11) is -1.60. The molecule has 0 saturated carbocycles. The van der Waals surface area contributed by atoms with Crippen LogP contribution in [0.4, 0.5) is 5.82 Å². The second-order valence-electron chi connectivity index (χ2n) is 8.16. The van der Waals surface area contributed by atoms with Crippen LogP contribution < -0.4 is 10.1 Å². The van der Waals surface area contributed by atoms with Crippen molar-refractivity contribution in [3.05, 3.63) is 83.9 Å². The molecule has 2 aromatic heterocycles. The van der Waals surface area contributed by atoms with E-state index in [4.69, 9.17) is 9.72 Å². The average molecular weight is 500 g/mol. The maximum Gasteiger partial charge on any atom is 0.175 e. The lowest BCUT2D eigenvalue weighted by Gasteiger charge is -2.08. The van der Waals surface area contributed by atoms with Crippen molar-refractivity contribution in [1.82, 2.24) is 4.98 Å². The highest BCUT2D eigenvalue weighted by Gasteiger charge is 2.14. The Hall–Kier alpha value is -3.93. The summed E-state index contributed by atoms with van der Waals surface area (Å²) in [6.07, 6.45) is 1.20. The molecule has 6 nitrogen and oxygen atoms in total. The van der Waals surface area contributed by atoms with Gasteiger partial charge in [0.1, 0.15) is 22.5 Å². The van der Waals surface area contributed by atoms with E-state index < -0.39 is 9.84 Å². The number of benzene rings is 3. The van der Waals surface area contributed by atoms with Crippen molar-refractivity contribution < 1.29 is 13.2 Å². The van der Waals surface area contributed by atoms with Crippen molar-refractivity contribution in [2.24, 2.45) is 0 Å². The van der Waals surface area contributed by atoms with Crippen molar-refractivity contribution in [1.29, 1.82) is 5.26 Å². The fourth-order valence-corrected chi connectivity index (χ4v) is 5.73. The van der Waals surface area contributed by atoms with Crippen molar-refractivity contribution in [2.75, 3.05) is 18.7 Å². The molecule has 0 aliphatic rings. The molecule has 0 unspecified atom stereocenters. The van der Waals surface area contributed by atoms with E-state index in [2.05, 4.69) is 17.5 Å². The number of nitriles is 1. The van der Waals surface area contributed by atoms with E-state index >= 15 is 0 Å². The second kappa shape index (κ2) is 9.02. The van der Waals surface area contributed by atoms with E-state index in [0.717, 1.165) is 42.7 Å². The van der Waals surface area contributed by atoms with Crippen LogP contribution in [0.15, 0.2) is 77.7 Å². The Morgan fingerprint density at radius 3 is 2.37 bits per heavy atom. The lowest BCUT2D eigenvalue weighted by Crippen LogP contribution is -2.01. The maximum absolute atomic E-state index is 11.8. The lowest BCUT2D eigenvalue weighted by atomic mass is 10.0. The maximum atomic E-state index is 11.8. The van der Waals surface area contributed by atoms with Crippen LogP contribution in [0.5, 0.6) is 5.75 Å². The van der Waals surface area contributed by atoms with Gasteiger partial charge in [-0.1, -0.05) is 36.4 Å². The van der Waals surface area contributed by atoms with Gasteiger partial charge in [-0.3, -0.25) is 0 Å². The number of pyridine rings is 1. The van der Waals surface area contributed by atoms with Gasteiger partial charge >= 0.3 is 0 Å². The highest BCUT2D eigenvalue weighted by Crippen LogP contribution is 2.38. The molecule has 0 bridgehead atoms. The Morgan fingerprint density at radius 1 is 1.00 bits per heavy atom. The number of fused-ring (bicyclic) bond motifs is 3. The van der Waals surface area contributed by atoms with Gasteiger partial charge in [0, 0.05) is 28.3 Å². The predicted octanol–water partition coefficient (Wildman–Crippen LogP) is 6.01. The van der Waals surface area contributed by atoms with E-state index in [1.165, 1.54) is 17.6 Å². The summed E-state index contributed by atoms with van der Waals surface area (Å²) in [5.74, 6) is 1.45. The molecule has 5 rings (SSSR count). The molecular formula is C27H21N3O3S2. The van der Waals surface area contributed by atoms with Gasteiger partial charge in [-0.25, -0.2) is 13.4 Å². The first-order chi connectivity index (χ1) is 16.9. The number of thiophene rings is 1. The summed E-state index contributed by atoms with van der Waals surface area (Å²) >= 11 is 1.53. The van der Waals surface area contributed by atoms with Crippen LogP contribution in [0.25, 0.3) is 31.4 Å². The quantitative estimate of drug-likeness (QED) is 0.307. The molecule has 0 saturated heterocycles. The molecule has 1 N–H and O–H groups in total. The number of anilines is 1. The van der Waals surface area contributed by atoms with Crippen LogP contribution in [-0.4, -0.2) is 26.8 Å². The number of nitrogens with zero attached hydrogens (tertiary/aromatic N) is 2. The number of nitrogens with one attached hydrogen (secondary N) is 1. The summed E-state index contributed by atoms with van der Waals surface area (Å²) in [5.41, 5.74) is 3.55.